The molecule has 1 saturated carbocycles. The maximum Gasteiger partial charge on any atom is 0.220 e. The van der Waals surface area contributed by atoms with Gasteiger partial charge in [0.2, 0.25) is 5.91 Å². The van der Waals surface area contributed by atoms with E-state index in [1.807, 2.05) is 0 Å². The summed E-state index contributed by atoms with van der Waals surface area (Å²) < 4.78 is 5.70. The number of carbonyl (C=O) groups excluding carboxylic acids is 1. The van der Waals surface area contributed by atoms with Gasteiger partial charge in [-0.15, -0.1) is 0 Å². The van der Waals surface area contributed by atoms with Gasteiger partial charge in [0.25, 0.3) is 0 Å². The number of ether oxygens (including phenoxy) is 1. The molecular weight excluding hydrogens is 226 g/mol. The summed E-state index contributed by atoms with van der Waals surface area (Å²) in [6, 6.07) is 0.444. The standard InChI is InChI=1S/C15H27NO2/c1-15(2)11-12(8-9-18-15)10-14(17)16-13-6-4-3-5-7-13/h12-13H,3-11H2,1-2H3,(H,16,17). The van der Waals surface area contributed by atoms with E-state index in [-0.39, 0.29) is 11.5 Å². The van der Waals surface area contributed by atoms with E-state index in [0.29, 0.717) is 18.4 Å². The lowest BCUT2D eigenvalue weighted by atomic mass is 9.86. The molecule has 3 heteroatoms. The van der Waals surface area contributed by atoms with Gasteiger partial charge in [-0.25, -0.2) is 0 Å². The Labute approximate surface area is 111 Å². The topological polar surface area (TPSA) is 38.3 Å². The predicted molar refractivity (Wildman–Crippen MR) is 72.4 cm³/mol. The Morgan fingerprint density at radius 2 is 1.94 bits per heavy atom. The van der Waals surface area contributed by atoms with E-state index in [0.717, 1.165) is 19.4 Å². The zero-order valence-corrected chi connectivity index (χ0v) is 11.8. The minimum absolute atomic E-state index is 0.0476. The second kappa shape index (κ2) is 6.05. The first kappa shape index (κ1) is 13.9. The van der Waals surface area contributed by atoms with Crippen LogP contribution in [-0.4, -0.2) is 24.2 Å². The summed E-state index contributed by atoms with van der Waals surface area (Å²) in [6.07, 6.45) is 8.94. The van der Waals surface area contributed by atoms with Crippen LogP contribution in [0.2, 0.25) is 0 Å². The molecule has 3 nitrogen and oxygen atoms in total. The number of hydrogen-bond donors (Lipinski definition) is 1. The third-order valence-electron chi connectivity index (χ3n) is 4.24. The van der Waals surface area contributed by atoms with Crippen molar-refractivity contribution in [2.45, 2.75) is 76.9 Å². The fraction of sp³-hybridized carbons (Fsp3) is 0.933. The lowest BCUT2D eigenvalue weighted by molar-refractivity contribution is -0.125. The van der Waals surface area contributed by atoms with Gasteiger partial charge >= 0.3 is 0 Å². The molecule has 1 amide bonds. The average molecular weight is 253 g/mol. The van der Waals surface area contributed by atoms with Gasteiger partial charge in [-0.3, -0.25) is 4.79 Å². The summed E-state index contributed by atoms with van der Waals surface area (Å²) in [5, 5.41) is 3.21. The van der Waals surface area contributed by atoms with Gasteiger partial charge < -0.3 is 10.1 Å². The van der Waals surface area contributed by atoms with Crippen LogP contribution in [0.5, 0.6) is 0 Å². The van der Waals surface area contributed by atoms with E-state index >= 15 is 0 Å². The fourth-order valence-corrected chi connectivity index (χ4v) is 3.33. The van der Waals surface area contributed by atoms with E-state index in [1.54, 1.807) is 0 Å². The first-order valence-corrected chi connectivity index (χ1v) is 7.48. The summed E-state index contributed by atoms with van der Waals surface area (Å²) >= 11 is 0. The van der Waals surface area contributed by atoms with Crippen molar-refractivity contribution in [3.05, 3.63) is 0 Å². The van der Waals surface area contributed by atoms with E-state index < -0.39 is 0 Å². The van der Waals surface area contributed by atoms with Crippen LogP contribution in [0.25, 0.3) is 0 Å². The molecule has 1 aliphatic heterocycles. The third-order valence-corrected chi connectivity index (χ3v) is 4.24. The van der Waals surface area contributed by atoms with Crippen LogP contribution in [0.3, 0.4) is 0 Å². The molecule has 0 aromatic heterocycles. The van der Waals surface area contributed by atoms with E-state index in [1.165, 1.54) is 32.1 Å². The number of carbonyl (C=O) groups is 1. The first-order valence-electron chi connectivity index (χ1n) is 7.48. The Morgan fingerprint density at radius 3 is 2.61 bits per heavy atom. The second-order valence-electron chi connectivity index (χ2n) is 6.57. The fourth-order valence-electron chi connectivity index (χ4n) is 3.33. The quantitative estimate of drug-likeness (QED) is 0.839. The van der Waals surface area contributed by atoms with E-state index in [2.05, 4.69) is 19.2 Å². The molecule has 1 heterocycles. The molecule has 104 valence electrons. The number of hydrogen-bond acceptors (Lipinski definition) is 2. The normalized spacial score (nSPS) is 28.9. The minimum Gasteiger partial charge on any atom is -0.376 e. The zero-order valence-electron chi connectivity index (χ0n) is 11.8. The zero-order chi connectivity index (χ0) is 13.0. The lowest BCUT2D eigenvalue weighted by Gasteiger charge is -2.35. The third kappa shape index (κ3) is 4.27. The van der Waals surface area contributed by atoms with Crippen molar-refractivity contribution in [1.29, 1.82) is 0 Å². The summed E-state index contributed by atoms with van der Waals surface area (Å²) in [5.41, 5.74) is -0.0476. The number of amides is 1. The molecule has 1 N–H and O–H groups in total. The molecule has 0 aromatic rings. The lowest BCUT2D eigenvalue weighted by Crippen LogP contribution is -2.40. The van der Waals surface area contributed by atoms with Gasteiger partial charge in [0.1, 0.15) is 0 Å². The van der Waals surface area contributed by atoms with Crippen molar-refractivity contribution >= 4 is 5.91 Å². The molecule has 0 radical (unpaired) electrons. The predicted octanol–water partition coefficient (Wildman–Crippen LogP) is 3.03. The van der Waals surface area contributed by atoms with Crippen molar-refractivity contribution in [3.63, 3.8) is 0 Å². The van der Waals surface area contributed by atoms with Crippen LogP contribution in [0.1, 0.15) is 65.2 Å². The highest BCUT2D eigenvalue weighted by atomic mass is 16.5. The Balaban J connectivity index is 1.73. The maximum atomic E-state index is 12.0. The molecule has 2 rings (SSSR count). The van der Waals surface area contributed by atoms with Crippen molar-refractivity contribution < 1.29 is 9.53 Å². The van der Waals surface area contributed by atoms with Gasteiger partial charge in [-0.2, -0.15) is 0 Å². The summed E-state index contributed by atoms with van der Waals surface area (Å²) in [4.78, 5) is 12.0. The molecule has 2 aliphatic rings. The van der Waals surface area contributed by atoms with Crippen LogP contribution in [0.4, 0.5) is 0 Å². The summed E-state index contributed by atoms with van der Waals surface area (Å²) in [7, 11) is 0. The van der Waals surface area contributed by atoms with Crippen LogP contribution in [0, 0.1) is 5.92 Å². The highest BCUT2D eigenvalue weighted by Gasteiger charge is 2.30. The molecule has 0 aromatic carbocycles. The van der Waals surface area contributed by atoms with Crippen molar-refractivity contribution in [2.24, 2.45) is 5.92 Å². The Bertz CT molecular complexity index is 282. The smallest absolute Gasteiger partial charge is 0.220 e. The first-order chi connectivity index (χ1) is 8.55. The molecule has 1 saturated heterocycles. The molecule has 0 bridgehead atoms. The Kier molecular flexibility index (Phi) is 4.66. The highest BCUT2D eigenvalue weighted by Crippen LogP contribution is 2.30. The average Bonchev–Trinajstić information content (AvgIpc) is 2.28. The molecule has 0 spiro atoms. The number of nitrogens with one attached hydrogen (secondary N) is 1. The van der Waals surface area contributed by atoms with Crippen LogP contribution in [-0.2, 0) is 9.53 Å². The van der Waals surface area contributed by atoms with E-state index in [9.17, 15) is 4.79 Å². The van der Waals surface area contributed by atoms with Crippen molar-refractivity contribution in [2.75, 3.05) is 6.61 Å². The molecule has 1 unspecified atom stereocenters. The second-order valence-corrected chi connectivity index (χ2v) is 6.57. The monoisotopic (exact) mass is 253 g/mol. The van der Waals surface area contributed by atoms with Gasteiger partial charge in [0.15, 0.2) is 0 Å². The number of rotatable bonds is 3. The van der Waals surface area contributed by atoms with Gasteiger partial charge in [-0.05, 0) is 45.4 Å². The molecule has 2 fully saturated rings. The van der Waals surface area contributed by atoms with Crippen LogP contribution >= 0.6 is 0 Å². The van der Waals surface area contributed by atoms with Gasteiger partial charge in [0, 0.05) is 19.1 Å². The molecular formula is C15H27NO2. The molecule has 1 aliphatic carbocycles. The Morgan fingerprint density at radius 1 is 1.22 bits per heavy atom. The van der Waals surface area contributed by atoms with Crippen LogP contribution in [0.15, 0.2) is 0 Å². The maximum absolute atomic E-state index is 12.0. The van der Waals surface area contributed by atoms with Crippen molar-refractivity contribution in [3.8, 4) is 0 Å². The molecule has 1 atom stereocenters. The van der Waals surface area contributed by atoms with Crippen LogP contribution < -0.4 is 5.32 Å². The van der Waals surface area contributed by atoms with Gasteiger partial charge in [-0.1, -0.05) is 19.3 Å². The summed E-state index contributed by atoms with van der Waals surface area (Å²) in [6.45, 7) is 5.05. The highest BCUT2D eigenvalue weighted by molar-refractivity contribution is 5.76. The van der Waals surface area contributed by atoms with E-state index in [4.69, 9.17) is 4.74 Å². The SMILES string of the molecule is CC1(C)CC(CC(=O)NC2CCCCC2)CCO1. The Hall–Kier alpha value is -0.570. The molecule has 18 heavy (non-hydrogen) atoms. The largest absolute Gasteiger partial charge is 0.376 e. The minimum atomic E-state index is -0.0476. The van der Waals surface area contributed by atoms with Gasteiger partial charge in [0.05, 0.1) is 5.60 Å². The summed E-state index contributed by atoms with van der Waals surface area (Å²) in [5.74, 6) is 0.752. The van der Waals surface area contributed by atoms with Crippen molar-refractivity contribution in [1.82, 2.24) is 5.32 Å².